The summed E-state index contributed by atoms with van der Waals surface area (Å²) in [4.78, 5) is 34.1. The molecule has 2 rings (SSSR count). The number of fused-ring (bicyclic) bond motifs is 1. The predicted molar refractivity (Wildman–Crippen MR) is 157 cm³/mol. The van der Waals surface area contributed by atoms with Gasteiger partial charge < -0.3 is 10.1 Å². The Bertz CT molecular complexity index is 895. The maximum absolute atomic E-state index is 13.3. The minimum Gasteiger partial charge on any atom is -0.481 e. The van der Waals surface area contributed by atoms with Gasteiger partial charge in [-0.1, -0.05) is 129 Å². The molecule has 0 saturated carbocycles. The third-order valence-corrected chi connectivity index (χ3v) is 8.26. The number of nitrogens with one attached hydrogen (secondary N) is 1. The number of imidazole rings is 1. The standard InChI is InChI=1S/C31H50N2O3S/c1-3-5-7-9-11-13-15-17-21-25(28(34)35)31(30(36)37,24-20-16-14-12-10-8-6-4-2)29-32-26-22-18-19-23-27(26)33-29/h18-19,22-23,25H,3-17,20-21,24H2,1-2H3,(H,32,33)(H,34,35)(H,36,37). The number of carboxylic acid groups (broad SMARTS) is 1. The van der Waals surface area contributed by atoms with Crippen molar-refractivity contribution in [3.8, 4) is 0 Å². The van der Waals surface area contributed by atoms with E-state index in [9.17, 15) is 14.7 Å². The third-order valence-electron chi connectivity index (χ3n) is 7.86. The van der Waals surface area contributed by atoms with Gasteiger partial charge in [-0.25, -0.2) is 4.98 Å². The van der Waals surface area contributed by atoms with Crippen LogP contribution >= 0.6 is 12.6 Å². The molecule has 2 N–H and O–H groups in total. The molecule has 0 aliphatic heterocycles. The van der Waals surface area contributed by atoms with Crippen molar-refractivity contribution in [1.29, 1.82) is 0 Å². The first-order valence-electron chi connectivity index (χ1n) is 14.9. The smallest absolute Gasteiger partial charge is 0.308 e. The topological polar surface area (TPSA) is 83.0 Å². The molecule has 1 aromatic heterocycles. The summed E-state index contributed by atoms with van der Waals surface area (Å²) in [5.41, 5.74) is 0.323. The highest BCUT2D eigenvalue weighted by Crippen LogP contribution is 2.42. The third kappa shape index (κ3) is 9.77. The fourth-order valence-corrected chi connectivity index (χ4v) is 5.95. The van der Waals surface area contributed by atoms with E-state index >= 15 is 0 Å². The Morgan fingerprint density at radius 2 is 1.35 bits per heavy atom. The van der Waals surface area contributed by atoms with Crippen LogP contribution in [-0.2, 0) is 15.0 Å². The molecule has 0 spiro atoms. The van der Waals surface area contributed by atoms with Crippen LogP contribution in [0, 0.1) is 5.92 Å². The zero-order valence-corrected chi connectivity index (χ0v) is 24.2. The molecule has 2 unspecified atom stereocenters. The number of para-hydroxylation sites is 2. The highest BCUT2D eigenvalue weighted by atomic mass is 32.1. The van der Waals surface area contributed by atoms with Crippen molar-refractivity contribution in [1.82, 2.24) is 9.97 Å². The Morgan fingerprint density at radius 1 is 0.838 bits per heavy atom. The number of hydrogen-bond acceptors (Lipinski definition) is 3. The van der Waals surface area contributed by atoms with Gasteiger partial charge in [0.2, 0.25) is 0 Å². The van der Waals surface area contributed by atoms with Gasteiger partial charge in [-0.05, 0) is 25.0 Å². The van der Waals surface area contributed by atoms with Crippen LogP contribution in [0.1, 0.15) is 135 Å². The van der Waals surface area contributed by atoms with Crippen LogP contribution in [0.3, 0.4) is 0 Å². The molecular weight excluding hydrogens is 480 g/mol. The Balaban J connectivity index is 2.15. The van der Waals surface area contributed by atoms with Gasteiger partial charge in [0.05, 0.1) is 17.0 Å². The fourth-order valence-electron chi connectivity index (χ4n) is 5.58. The predicted octanol–water partition coefficient (Wildman–Crippen LogP) is 9.02. The van der Waals surface area contributed by atoms with Crippen LogP contribution in [0.4, 0.5) is 0 Å². The molecule has 0 fully saturated rings. The number of carbonyl (C=O) groups excluding carboxylic acids is 1. The molecule has 0 aliphatic rings. The van der Waals surface area contributed by atoms with Gasteiger partial charge in [-0.3, -0.25) is 9.59 Å². The summed E-state index contributed by atoms with van der Waals surface area (Å²) >= 11 is 4.34. The zero-order valence-electron chi connectivity index (χ0n) is 23.3. The van der Waals surface area contributed by atoms with Crippen LogP contribution in [0.15, 0.2) is 24.3 Å². The number of unbranched alkanes of at least 4 members (excludes halogenated alkanes) is 14. The summed E-state index contributed by atoms with van der Waals surface area (Å²) in [5.74, 6) is -1.31. The van der Waals surface area contributed by atoms with Gasteiger partial charge in [-0.2, -0.15) is 0 Å². The molecule has 0 amide bonds. The highest BCUT2D eigenvalue weighted by Gasteiger charge is 2.50. The van der Waals surface area contributed by atoms with Crippen molar-refractivity contribution in [2.75, 3.05) is 0 Å². The van der Waals surface area contributed by atoms with Crippen molar-refractivity contribution in [2.24, 2.45) is 5.92 Å². The van der Waals surface area contributed by atoms with Crippen LogP contribution in [-0.4, -0.2) is 26.2 Å². The summed E-state index contributed by atoms with van der Waals surface area (Å²) in [7, 11) is 0. The second-order valence-electron chi connectivity index (χ2n) is 10.8. The second-order valence-corrected chi connectivity index (χ2v) is 11.2. The lowest BCUT2D eigenvalue weighted by Gasteiger charge is -2.34. The van der Waals surface area contributed by atoms with E-state index in [0.29, 0.717) is 18.7 Å². The van der Waals surface area contributed by atoms with Gasteiger partial charge in [0.1, 0.15) is 11.2 Å². The van der Waals surface area contributed by atoms with E-state index in [4.69, 9.17) is 4.98 Å². The molecule has 2 aromatic rings. The number of aliphatic carboxylic acids is 1. The largest absolute Gasteiger partial charge is 0.481 e. The maximum atomic E-state index is 13.3. The van der Waals surface area contributed by atoms with Crippen molar-refractivity contribution in [2.45, 2.75) is 135 Å². The van der Waals surface area contributed by atoms with Crippen molar-refractivity contribution >= 4 is 34.7 Å². The molecule has 37 heavy (non-hydrogen) atoms. The Hall–Kier alpha value is -1.82. The molecular formula is C31H50N2O3S. The molecule has 0 radical (unpaired) electrons. The number of rotatable bonds is 22. The Kier molecular flexibility index (Phi) is 15.0. The molecule has 5 nitrogen and oxygen atoms in total. The van der Waals surface area contributed by atoms with E-state index in [1.807, 2.05) is 24.3 Å². The highest BCUT2D eigenvalue weighted by molar-refractivity contribution is 7.96. The lowest BCUT2D eigenvalue weighted by molar-refractivity contribution is -0.147. The average molecular weight is 531 g/mol. The minimum atomic E-state index is -1.25. The lowest BCUT2D eigenvalue weighted by Crippen LogP contribution is -2.46. The molecule has 1 aromatic carbocycles. The van der Waals surface area contributed by atoms with Crippen LogP contribution in [0.2, 0.25) is 0 Å². The van der Waals surface area contributed by atoms with Crippen molar-refractivity contribution < 1.29 is 14.7 Å². The van der Waals surface area contributed by atoms with E-state index in [2.05, 4.69) is 31.5 Å². The van der Waals surface area contributed by atoms with Gasteiger partial charge in [0.15, 0.2) is 5.12 Å². The summed E-state index contributed by atoms with van der Waals surface area (Å²) in [6.07, 6.45) is 19.1. The van der Waals surface area contributed by atoms with Gasteiger partial charge in [0.25, 0.3) is 0 Å². The van der Waals surface area contributed by atoms with Crippen LogP contribution in [0.25, 0.3) is 11.0 Å². The van der Waals surface area contributed by atoms with Gasteiger partial charge >= 0.3 is 5.97 Å². The summed E-state index contributed by atoms with van der Waals surface area (Å²) in [6.45, 7) is 4.44. The number of benzene rings is 1. The maximum Gasteiger partial charge on any atom is 0.308 e. The number of hydrogen-bond donors (Lipinski definition) is 3. The Morgan fingerprint density at radius 3 is 1.86 bits per heavy atom. The number of aromatic amines is 1. The molecule has 1 heterocycles. The normalized spacial score (nSPS) is 14.0. The molecule has 208 valence electrons. The number of H-pyrrole nitrogens is 1. The van der Waals surface area contributed by atoms with E-state index in [1.54, 1.807) is 0 Å². The summed E-state index contributed by atoms with van der Waals surface area (Å²) < 4.78 is 0. The van der Waals surface area contributed by atoms with E-state index in [1.165, 1.54) is 64.2 Å². The molecule has 0 saturated heterocycles. The van der Waals surface area contributed by atoms with Gasteiger partial charge in [0, 0.05) is 0 Å². The lowest BCUT2D eigenvalue weighted by atomic mass is 9.69. The first kappa shape index (κ1) is 31.4. The van der Waals surface area contributed by atoms with Crippen LogP contribution in [0.5, 0.6) is 0 Å². The number of thiol groups is 1. The minimum absolute atomic E-state index is 0.388. The molecule has 2 atom stereocenters. The summed E-state index contributed by atoms with van der Waals surface area (Å²) in [6, 6.07) is 7.64. The monoisotopic (exact) mass is 530 g/mol. The molecule has 0 aliphatic carbocycles. The number of carbonyl (C=O) groups is 2. The summed E-state index contributed by atoms with van der Waals surface area (Å²) in [5, 5.41) is 10.0. The molecule has 0 bridgehead atoms. The first-order valence-corrected chi connectivity index (χ1v) is 15.3. The van der Waals surface area contributed by atoms with E-state index in [0.717, 1.165) is 49.6 Å². The van der Waals surface area contributed by atoms with Crippen molar-refractivity contribution in [3.63, 3.8) is 0 Å². The van der Waals surface area contributed by atoms with Crippen LogP contribution < -0.4 is 0 Å². The van der Waals surface area contributed by atoms with Gasteiger partial charge in [-0.15, -0.1) is 12.6 Å². The Labute approximate surface area is 230 Å². The SMILES string of the molecule is CCCCCCCCCCC(C(=O)O)C(CCCCCCCCCC)(C(=O)S)c1nc2ccccc2[nH]1. The molecule has 6 heteroatoms. The second kappa shape index (κ2) is 17.6. The quantitative estimate of drug-likeness (QED) is 0.105. The van der Waals surface area contributed by atoms with E-state index < -0.39 is 17.3 Å². The number of nitrogens with zero attached hydrogens (tertiary/aromatic N) is 1. The zero-order chi connectivity index (χ0) is 26.9. The number of carboxylic acids is 1. The first-order chi connectivity index (χ1) is 18.0. The van der Waals surface area contributed by atoms with Crippen molar-refractivity contribution in [3.05, 3.63) is 30.1 Å². The average Bonchev–Trinajstić information content (AvgIpc) is 3.32. The fraction of sp³-hybridized carbons (Fsp3) is 0.710. The van der Waals surface area contributed by atoms with E-state index in [-0.39, 0.29) is 5.12 Å². The number of aromatic nitrogens is 2.